The van der Waals surface area contributed by atoms with Crippen LogP contribution in [0, 0.1) is 0 Å². The fourth-order valence-corrected chi connectivity index (χ4v) is 3.75. The summed E-state index contributed by atoms with van der Waals surface area (Å²) in [5.74, 6) is -0.963. The van der Waals surface area contributed by atoms with E-state index in [0.29, 0.717) is 23.7 Å². The third-order valence-electron chi connectivity index (χ3n) is 4.60. The van der Waals surface area contributed by atoms with Crippen molar-refractivity contribution in [3.8, 4) is 0 Å². The molecule has 3 rings (SSSR count). The summed E-state index contributed by atoms with van der Waals surface area (Å²) in [6, 6.07) is 4.03. The molecule has 140 valence electrons. The van der Waals surface area contributed by atoms with Gasteiger partial charge in [-0.05, 0) is 31.9 Å². The molecule has 2 N–H and O–H groups in total. The SMILES string of the molecule is C[C@@]1(c2ccc(Cl)cc2Cl)NC(=O)N(CC(=O)NC[C@@H]2CCCO2)C1=O. The Morgan fingerprint density at radius 2 is 2.19 bits per heavy atom. The Labute approximate surface area is 160 Å². The van der Waals surface area contributed by atoms with Gasteiger partial charge in [0, 0.05) is 28.8 Å². The maximum atomic E-state index is 12.8. The molecule has 0 aromatic heterocycles. The molecule has 0 spiro atoms. The van der Waals surface area contributed by atoms with Crippen LogP contribution in [0.4, 0.5) is 4.79 Å². The van der Waals surface area contributed by atoms with Crippen molar-refractivity contribution in [2.24, 2.45) is 0 Å². The summed E-state index contributed by atoms with van der Waals surface area (Å²) in [5, 5.41) is 5.99. The minimum Gasteiger partial charge on any atom is -0.376 e. The number of carbonyl (C=O) groups excluding carboxylic acids is 3. The normalized spacial score (nSPS) is 25.5. The summed E-state index contributed by atoms with van der Waals surface area (Å²) in [5.41, 5.74) is -0.933. The minimum atomic E-state index is -1.35. The Hall–Kier alpha value is -1.83. The molecule has 2 aliphatic heterocycles. The molecule has 2 heterocycles. The molecule has 0 unspecified atom stereocenters. The van der Waals surface area contributed by atoms with Crippen LogP contribution in [-0.2, 0) is 19.9 Å². The topological polar surface area (TPSA) is 87.7 Å². The van der Waals surface area contributed by atoms with Crippen LogP contribution < -0.4 is 10.6 Å². The number of nitrogens with one attached hydrogen (secondary N) is 2. The van der Waals surface area contributed by atoms with E-state index < -0.39 is 23.4 Å². The summed E-state index contributed by atoms with van der Waals surface area (Å²) in [6.07, 6.45) is 1.84. The van der Waals surface area contributed by atoms with Gasteiger partial charge in [0.2, 0.25) is 5.91 Å². The molecule has 0 saturated carbocycles. The number of halogens is 2. The van der Waals surface area contributed by atoms with Gasteiger partial charge in [-0.1, -0.05) is 29.3 Å². The third-order valence-corrected chi connectivity index (χ3v) is 5.15. The van der Waals surface area contributed by atoms with Crippen molar-refractivity contribution in [2.75, 3.05) is 19.7 Å². The molecule has 2 saturated heterocycles. The second-order valence-electron chi connectivity index (χ2n) is 6.51. The molecule has 0 bridgehead atoms. The maximum Gasteiger partial charge on any atom is 0.325 e. The van der Waals surface area contributed by atoms with Crippen LogP contribution in [0.1, 0.15) is 25.3 Å². The zero-order valence-corrected chi connectivity index (χ0v) is 15.7. The summed E-state index contributed by atoms with van der Waals surface area (Å²) < 4.78 is 5.43. The van der Waals surface area contributed by atoms with Crippen LogP contribution in [0.5, 0.6) is 0 Å². The Morgan fingerprint density at radius 1 is 1.42 bits per heavy atom. The van der Waals surface area contributed by atoms with Crippen molar-refractivity contribution < 1.29 is 19.1 Å². The molecule has 4 amide bonds. The lowest BCUT2D eigenvalue weighted by molar-refractivity contribution is -0.134. The van der Waals surface area contributed by atoms with E-state index in [-0.39, 0.29) is 17.7 Å². The highest BCUT2D eigenvalue weighted by Crippen LogP contribution is 2.34. The van der Waals surface area contributed by atoms with Gasteiger partial charge in [-0.15, -0.1) is 0 Å². The number of hydrogen-bond donors (Lipinski definition) is 2. The van der Waals surface area contributed by atoms with Crippen molar-refractivity contribution in [2.45, 2.75) is 31.4 Å². The lowest BCUT2D eigenvalue weighted by Crippen LogP contribution is -2.44. The van der Waals surface area contributed by atoms with Crippen molar-refractivity contribution in [1.29, 1.82) is 0 Å². The van der Waals surface area contributed by atoms with Crippen LogP contribution >= 0.6 is 23.2 Å². The van der Waals surface area contributed by atoms with E-state index in [2.05, 4.69) is 10.6 Å². The number of urea groups is 1. The van der Waals surface area contributed by atoms with Crippen molar-refractivity contribution in [1.82, 2.24) is 15.5 Å². The molecule has 2 aliphatic rings. The summed E-state index contributed by atoms with van der Waals surface area (Å²) in [7, 11) is 0. The van der Waals surface area contributed by atoms with Gasteiger partial charge in [-0.2, -0.15) is 0 Å². The number of carbonyl (C=O) groups is 3. The number of hydrogen-bond acceptors (Lipinski definition) is 4. The Balaban J connectivity index is 1.68. The largest absolute Gasteiger partial charge is 0.376 e. The first-order valence-electron chi connectivity index (χ1n) is 8.29. The molecule has 7 nitrogen and oxygen atoms in total. The first kappa shape index (κ1) is 18.9. The van der Waals surface area contributed by atoms with E-state index in [0.717, 1.165) is 17.7 Å². The minimum absolute atomic E-state index is 0.0137. The van der Waals surface area contributed by atoms with Gasteiger partial charge >= 0.3 is 6.03 Å². The highest BCUT2D eigenvalue weighted by Gasteiger charge is 2.50. The van der Waals surface area contributed by atoms with Crippen LogP contribution in [0.2, 0.25) is 10.0 Å². The highest BCUT2D eigenvalue weighted by molar-refractivity contribution is 6.35. The molecule has 0 radical (unpaired) electrons. The smallest absolute Gasteiger partial charge is 0.325 e. The highest BCUT2D eigenvalue weighted by atomic mass is 35.5. The van der Waals surface area contributed by atoms with Gasteiger partial charge in [0.25, 0.3) is 5.91 Å². The Kier molecular flexibility index (Phi) is 5.41. The number of ether oxygens (including phenoxy) is 1. The number of imide groups is 1. The lowest BCUT2D eigenvalue weighted by Gasteiger charge is -2.23. The van der Waals surface area contributed by atoms with Gasteiger partial charge in [0.15, 0.2) is 0 Å². The van der Waals surface area contributed by atoms with E-state index in [9.17, 15) is 14.4 Å². The molecule has 0 aliphatic carbocycles. The standard InChI is InChI=1S/C17H19Cl2N3O4/c1-17(12-5-4-10(18)7-13(12)19)15(24)22(16(25)21-17)9-14(23)20-8-11-3-2-6-26-11/h4-5,7,11H,2-3,6,8-9H2,1H3,(H,20,23)(H,21,25)/t11-,17-/m0/s1. The van der Waals surface area contributed by atoms with Gasteiger partial charge in [-0.25, -0.2) is 4.79 Å². The van der Waals surface area contributed by atoms with Gasteiger partial charge < -0.3 is 15.4 Å². The van der Waals surface area contributed by atoms with Crippen LogP contribution in [-0.4, -0.2) is 48.5 Å². The zero-order valence-electron chi connectivity index (χ0n) is 14.2. The van der Waals surface area contributed by atoms with E-state index >= 15 is 0 Å². The average Bonchev–Trinajstić information content (AvgIpc) is 3.16. The fraction of sp³-hybridized carbons (Fsp3) is 0.471. The lowest BCUT2D eigenvalue weighted by atomic mass is 9.92. The molecule has 1 aromatic rings. The van der Waals surface area contributed by atoms with Crippen molar-refractivity contribution in [3.63, 3.8) is 0 Å². The zero-order chi connectivity index (χ0) is 18.9. The quantitative estimate of drug-likeness (QED) is 0.741. The molecular formula is C17H19Cl2N3O4. The third kappa shape index (κ3) is 3.65. The molecule has 1 aromatic carbocycles. The summed E-state index contributed by atoms with van der Waals surface area (Å²) >= 11 is 12.1. The second-order valence-corrected chi connectivity index (χ2v) is 7.35. The Morgan fingerprint density at radius 3 is 2.85 bits per heavy atom. The molecule has 2 atom stereocenters. The van der Waals surface area contributed by atoms with Gasteiger partial charge in [0.05, 0.1) is 6.10 Å². The van der Waals surface area contributed by atoms with Crippen LogP contribution in [0.3, 0.4) is 0 Å². The Bertz CT molecular complexity index is 752. The fourth-order valence-electron chi connectivity index (χ4n) is 3.15. The van der Waals surface area contributed by atoms with Crippen molar-refractivity contribution in [3.05, 3.63) is 33.8 Å². The first-order valence-corrected chi connectivity index (χ1v) is 9.05. The number of benzene rings is 1. The predicted octanol–water partition coefficient (Wildman–Crippen LogP) is 2.06. The van der Waals surface area contributed by atoms with Gasteiger partial charge in [-0.3, -0.25) is 14.5 Å². The van der Waals surface area contributed by atoms with E-state index in [1.807, 2.05) is 0 Å². The molecule has 9 heteroatoms. The summed E-state index contributed by atoms with van der Waals surface area (Å²) in [6.45, 7) is 2.24. The van der Waals surface area contributed by atoms with Crippen molar-refractivity contribution >= 4 is 41.0 Å². The number of nitrogens with zero attached hydrogens (tertiary/aromatic N) is 1. The second kappa shape index (κ2) is 7.42. The first-order chi connectivity index (χ1) is 12.3. The monoisotopic (exact) mass is 399 g/mol. The molecule has 26 heavy (non-hydrogen) atoms. The van der Waals surface area contributed by atoms with Gasteiger partial charge in [0.1, 0.15) is 12.1 Å². The molecular weight excluding hydrogens is 381 g/mol. The van der Waals surface area contributed by atoms with Crippen LogP contribution in [0.25, 0.3) is 0 Å². The van der Waals surface area contributed by atoms with Crippen LogP contribution in [0.15, 0.2) is 18.2 Å². The number of rotatable bonds is 5. The van der Waals surface area contributed by atoms with E-state index in [4.69, 9.17) is 27.9 Å². The van der Waals surface area contributed by atoms with E-state index in [1.54, 1.807) is 19.1 Å². The summed E-state index contributed by atoms with van der Waals surface area (Å²) in [4.78, 5) is 38.1. The maximum absolute atomic E-state index is 12.8. The number of amides is 4. The molecule has 2 fully saturated rings. The average molecular weight is 400 g/mol. The predicted molar refractivity (Wildman–Crippen MR) is 96.0 cm³/mol. The van der Waals surface area contributed by atoms with E-state index in [1.165, 1.54) is 6.07 Å².